The Labute approximate surface area is 162 Å². The normalized spacial score (nSPS) is 13.2. The Morgan fingerprint density at radius 1 is 0.815 bits per heavy atom. The van der Waals surface area contributed by atoms with Crippen LogP contribution < -0.4 is 0 Å². The van der Waals surface area contributed by atoms with Gasteiger partial charge in [0, 0.05) is 0 Å². The summed E-state index contributed by atoms with van der Waals surface area (Å²) in [6, 6.07) is 19.8. The van der Waals surface area contributed by atoms with E-state index in [0.717, 1.165) is 17.5 Å². The van der Waals surface area contributed by atoms with Crippen molar-refractivity contribution in [3.05, 3.63) is 71.8 Å². The summed E-state index contributed by atoms with van der Waals surface area (Å²) in [5.41, 5.74) is 2.17. The van der Waals surface area contributed by atoms with E-state index in [1.165, 1.54) is 0 Å². The molecule has 0 saturated carbocycles. The molecule has 0 fully saturated rings. The van der Waals surface area contributed by atoms with Gasteiger partial charge in [0.15, 0.2) is 0 Å². The van der Waals surface area contributed by atoms with Crippen molar-refractivity contribution in [2.24, 2.45) is 17.8 Å². The number of benzene rings is 2. The molecule has 2 atom stereocenters. The monoisotopic (exact) mass is 366 g/mol. The summed E-state index contributed by atoms with van der Waals surface area (Å²) in [6.45, 7) is 6.03. The summed E-state index contributed by atoms with van der Waals surface area (Å²) in [4.78, 5) is 25.4. The Bertz CT molecular complexity index is 707. The Kier molecular flexibility index (Phi) is 8.25. The number of carbonyl (C=O) groups is 2. The van der Waals surface area contributed by atoms with Crippen LogP contribution in [0.4, 0.5) is 0 Å². The zero-order valence-corrected chi connectivity index (χ0v) is 16.6. The molecule has 2 unspecified atom stereocenters. The van der Waals surface area contributed by atoms with Gasteiger partial charge in [-0.2, -0.15) is 0 Å². The minimum absolute atomic E-state index is 0.101. The molecule has 0 amide bonds. The predicted molar refractivity (Wildman–Crippen MR) is 108 cm³/mol. The molecule has 3 nitrogen and oxygen atoms in total. The van der Waals surface area contributed by atoms with Crippen molar-refractivity contribution in [3.8, 4) is 0 Å². The first-order valence-electron chi connectivity index (χ1n) is 9.84. The molecule has 144 valence electrons. The van der Waals surface area contributed by atoms with Crippen molar-refractivity contribution in [3.63, 3.8) is 0 Å². The fourth-order valence-corrected chi connectivity index (χ4v) is 3.27. The molecule has 0 saturated heterocycles. The summed E-state index contributed by atoms with van der Waals surface area (Å²) in [5, 5.41) is 0. The molecule has 0 aliphatic heterocycles. The Morgan fingerprint density at radius 3 is 1.81 bits per heavy atom. The van der Waals surface area contributed by atoms with Crippen molar-refractivity contribution in [2.75, 3.05) is 0 Å². The lowest BCUT2D eigenvalue weighted by molar-refractivity contribution is -0.166. The smallest absolute Gasteiger partial charge is 0.317 e. The van der Waals surface area contributed by atoms with Gasteiger partial charge in [-0.05, 0) is 36.3 Å². The standard InChI is InChI=1S/C24H30O3/c1-4-11-21(16-19-12-7-5-8-13-19)23(25)27-24(26)22(18(2)3)17-20-14-9-6-10-15-20/h5-10,12-15,18,21-22H,4,11,16-17H2,1-3H3. The highest BCUT2D eigenvalue weighted by atomic mass is 16.6. The lowest BCUT2D eigenvalue weighted by Crippen LogP contribution is -2.30. The van der Waals surface area contributed by atoms with Crippen LogP contribution in [0.2, 0.25) is 0 Å². The third-order valence-electron chi connectivity index (χ3n) is 4.90. The van der Waals surface area contributed by atoms with E-state index in [4.69, 9.17) is 4.74 Å². The summed E-state index contributed by atoms with van der Waals surface area (Å²) >= 11 is 0. The average molecular weight is 367 g/mol. The van der Waals surface area contributed by atoms with Crippen LogP contribution in [0, 0.1) is 17.8 Å². The maximum Gasteiger partial charge on any atom is 0.317 e. The highest BCUT2D eigenvalue weighted by Crippen LogP contribution is 2.22. The van der Waals surface area contributed by atoms with Crippen molar-refractivity contribution < 1.29 is 14.3 Å². The van der Waals surface area contributed by atoms with Gasteiger partial charge in [-0.3, -0.25) is 9.59 Å². The van der Waals surface area contributed by atoms with Gasteiger partial charge in [-0.15, -0.1) is 0 Å². The maximum absolute atomic E-state index is 12.7. The van der Waals surface area contributed by atoms with Gasteiger partial charge in [-0.1, -0.05) is 87.9 Å². The van der Waals surface area contributed by atoms with Crippen molar-refractivity contribution >= 4 is 11.9 Å². The van der Waals surface area contributed by atoms with Crippen LogP contribution in [0.15, 0.2) is 60.7 Å². The zero-order chi connectivity index (χ0) is 19.6. The summed E-state index contributed by atoms with van der Waals surface area (Å²) in [7, 11) is 0. The van der Waals surface area contributed by atoms with E-state index in [0.29, 0.717) is 19.3 Å². The van der Waals surface area contributed by atoms with Gasteiger partial charge >= 0.3 is 11.9 Å². The average Bonchev–Trinajstić information content (AvgIpc) is 2.67. The van der Waals surface area contributed by atoms with E-state index in [1.54, 1.807) is 0 Å². The summed E-state index contributed by atoms with van der Waals surface area (Å²) in [5.74, 6) is -1.32. The van der Waals surface area contributed by atoms with Gasteiger partial charge in [-0.25, -0.2) is 0 Å². The number of rotatable bonds is 9. The highest BCUT2D eigenvalue weighted by Gasteiger charge is 2.29. The quantitative estimate of drug-likeness (QED) is 0.451. The van der Waals surface area contributed by atoms with Gasteiger partial charge in [0.25, 0.3) is 0 Å². The van der Waals surface area contributed by atoms with Gasteiger partial charge in [0.2, 0.25) is 0 Å². The fourth-order valence-electron chi connectivity index (χ4n) is 3.27. The van der Waals surface area contributed by atoms with Crippen LogP contribution in [-0.2, 0) is 27.2 Å². The van der Waals surface area contributed by atoms with E-state index in [9.17, 15) is 9.59 Å². The van der Waals surface area contributed by atoms with Crippen molar-refractivity contribution in [1.29, 1.82) is 0 Å². The summed E-state index contributed by atoms with van der Waals surface area (Å²) < 4.78 is 5.36. The zero-order valence-electron chi connectivity index (χ0n) is 16.6. The van der Waals surface area contributed by atoms with Gasteiger partial charge in [0.05, 0.1) is 11.8 Å². The molecule has 0 radical (unpaired) electrons. The van der Waals surface area contributed by atoms with Crippen LogP contribution in [0.3, 0.4) is 0 Å². The molecule has 27 heavy (non-hydrogen) atoms. The van der Waals surface area contributed by atoms with E-state index in [-0.39, 0.29) is 17.8 Å². The van der Waals surface area contributed by atoms with Crippen LogP contribution in [0.5, 0.6) is 0 Å². The SMILES string of the molecule is CCCC(Cc1ccccc1)C(=O)OC(=O)C(Cc1ccccc1)C(C)C. The van der Waals surface area contributed by atoms with Crippen molar-refractivity contribution in [2.45, 2.75) is 46.5 Å². The van der Waals surface area contributed by atoms with Gasteiger partial charge in [0.1, 0.15) is 0 Å². The second kappa shape index (κ2) is 10.7. The van der Waals surface area contributed by atoms with E-state index >= 15 is 0 Å². The summed E-state index contributed by atoms with van der Waals surface area (Å²) in [6.07, 6.45) is 2.78. The Hall–Kier alpha value is -2.42. The lowest BCUT2D eigenvalue weighted by Gasteiger charge is -2.21. The highest BCUT2D eigenvalue weighted by molar-refractivity contribution is 5.88. The first-order valence-corrected chi connectivity index (χ1v) is 9.84. The molecule has 0 spiro atoms. The molecule has 0 N–H and O–H groups in total. The number of esters is 2. The third kappa shape index (κ3) is 6.67. The molecule has 2 aromatic carbocycles. The number of carbonyl (C=O) groups excluding carboxylic acids is 2. The molecular formula is C24H30O3. The number of hydrogen-bond acceptors (Lipinski definition) is 3. The van der Waals surface area contributed by atoms with E-state index < -0.39 is 11.9 Å². The lowest BCUT2D eigenvalue weighted by atomic mass is 9.89. The molecular weight excluding hydrogens is 336 g/mol. The predicted octanol–water partition coefficient (Wildman–Crippen LogP) is 5.23. The first kappa shape index (κ1) is 20.9. The maximum atomic E-state index is 12.7. The minimum Gasteiger partial charge on any atom is -0.393 e. The molecule has 0 aliphatic carbocycles. The number of hydrogen-bond donors (Lipinski definition) is 0. The Balaban J connectivity index is 2.03. The van der Waals surface area contributed by atoms with Crippen molar-refractivity contribution in [1.82, 2.24) is 0 Å². The molecule has 0 bridgehead atoms. The first-order chi connectivity index (χ1) is 13.0. The van der Waals surface area contributed by atoms with Crippen LogP contribution in [-0.4, -0.2) is 11.9 Å². The van der Waals surface area contributed by atoms with Crippen LogP contribution in [0.1, 0.15) is 44.7 Å². The molecule has 2 aromatic rings. The molecule has 3 heteroatoms. The molecule has 0 heterocycles. The molecule has 0 aromatic heterocycles. The second-order valence-electron chi connectivity index (χ2n) is 7.46. The van der Waals surface area contributed by atoms with Crippen LogP contribution in [0.25, 0.3) is 0 Å². The second-order valence-corrected chi connectivity index (χ2v) is 7.46. The molecule has 0 aliphatic rings. The Morgan fingerprint density at radius 2 is 1.33 bits per heavy atom. The number of ether oxygens (including phenoxy) is 1. The topological polar surface area (TPSA) is 43.4 Å². The van der Waals surface area contributed by atoms with Crippen LogP contribution >= 0.6 is 0 Å². The molecule has 2 rings (SSSR count). The largest absolute Gasteiger partial charge is 0.393 e. The minimum atomic E-state index is -0.409. The van der Waals surface area contributed by atoms with Gasteiger partial charge < -0.3 is 4.74 Å². The third-order valence-corrected chi connectivity index (χ3v) is 4.90. The van der Waals surface area contributed by atoms with E-state index in [2.05, 4.69) is 0 Å². The van der Waals surface area contributed by atoms with E-state index in [1.807, 2.05) is 81.4 Å². The fraction of sp³-hybridized carbons (Fsp3) is 0.417.